The van der Waals surface area contributed by atoms with Crippen LogP contribution in [0.25, 0.3) is 0 Å². The summed E-state index contributed by atoms with van der Waals surface area (Å²) in [5.41, 5.74) is 1.34. The summed E-state index contributed by atoms with van der Waals surface area (Å²) in [5, 5.41) is 11.6. The Morgan fingerprint density at radius 2 is 1.77 bits per heavy atom. The summed E-state index contributed by atoms with van der Waals surface area (Å²) >= 11 is 0. The van der Waals surface area contributed by atoms with Gasteiger partial charge in [-0.2, -0.15) is 0 Å². The number of methoxy groups -OCH3 is 2. The van der Waals surface area contributed by atoms with Crippen LogP contribution in [-0.4, -0.2) is 49.8 Å². The Morgan fingerprint density at radius 3 is 2.18 bits per heavy atom. The number of aliphatic carboxylic acids is 1. The molecule has 1 atom stereocenters. The molecule has 1 aromatic rings. The normalized spacial score (nSPS) is 11.5. The second-order valence-electron chi connectivity index (χ2n) is 5.06. The third kappa shape index (κ3) is 4.28. The van der Waals surface area contributed by atoms with Gasteiger partial charge in [0.1, 0.15) is 11.5 Å². The van der Waals surface area contributed by atoms with Gasteiger partial charge in [0.05, 0.1) is 20.1 Å². The molecule has 0 saturated carbocycles. The molecule has 2 amide bonds. The van der Waals surface area contributed by atoms with Crippen LogP contribution in [0.4, 0.5) is 10.5 Å². The van der Waals surface area contributed by atoms with E-state index in [1.807, 2.05) is 6.92 Å². The first kappa shape index (κ1) is 17.6. The number of urea groups is 1. The van der Waals surface area contributed by atoms with Crippen molar-refractivity contribution >= 4 is 17.7 Å². The predicted octanol–water partition coefficient (Wildman–Crippen LogP) is 2.20. The number of hydrogen-bond acceptors (Lipinski definition) is 4. The number of nitrogens with zero attached hydrogens (tertiary/aromatic N) is 1. The van der Waals surface area contributed by atoms with Crippen LogP contribution in [0.1, 0.15) is 12.5 Å². The molecule has 0 aromatic heterocycles. The van der Waals surface area contributed by atoms with Crippen LogP contribution in [0.3, 0.4) is 0 Å². The molecule has 22 heavy (non-hydrogen) atoms. The summed E-state index contributed by atoms with van der Waals surface area (Å²) in [6.07, 6.45) is 0. The Bertz CT molecular complexity index is 534. The number of carbonyl (C=O) groups excluding carboxylic acids is 1. The highest BCUT2D eigenvalue weighted by molar-refractivity contribution is 5.90. The SMILES string of the molecule is COc1cc(NC(=O)N(C)CC(C)C(=O)O)cc(OC)c1C. The summed E-state index contributed by atoms with van der Waals surface area (Å²) in [6.45, 7) is 3.51. The Kier molecular flexibility index (Phi) is 6.03. The second-order valence-corrected chi connectivity index (χ2v) is 5.06. The zero-order valence-corrected chi connectivity index (χ0v) is 13.5. The number of rotatable bonds is 6. The van der Waals surface area contributed by atoms with E-state index in [0.29, 0.717) is 17.2 Å². The maximum absolute atomic E-state index is 12.1. The van der Waals surface area contributed by atoms with Crippen LogP contribution in [0.2, 0.25) is 0 Å². The molecule has 0 radical (unpaired) electrons. The number of hydrogen-bond donors (Lipinski definition) is 2. The molecule has 0 aliphatic rings. The molecule has 122 valence electrons. The van der Waals surface area contributed by atoms with Crippen molar-refractivity contribution in [3.05, 3.63) is 17.7 Å². The number of carbonyl (C=O) groups is 2. The molecule has 2 N–H and O–H groups in total. The highest BCUT2D eigenvalue weighted by Gasteiger charge is 2.18. The zero-order valence-electron chi connectivity index (χ0n) is 13.5. The summed E-state index contributed by atoms with van der Waals surface area (Å²) < 4.78 is 10.5. The van der Waals surface area contributed by atoms with Crippen LogP contribution < -0.4 is 14.8 Å². The van der Waals surface area contributed by atoms with Crippen LogP contribution >= 0.6 is 0 Å². The molecule has 0 aliphatic heterocycles. The largest absolute Gasteiger partial charge is 0.496 e. The number of amides is 2. The molecule has 7 heteroatoms. The topological polar surface area (TPSA) is 88.1 Å². The average molecular weight is 310 g/mol. The van der Waals surface area contributed by atoms with E-state index in [1.165, 1.54) is 26.2 Å². The first-order valence-corrected chi connectivity index (χ1v) is 6.77. The molecular weight excluding hydrogens is 288 g/mol. The number of nitrogens with one attached hydrogen (secondary N) is 1. The van der Waals surface area contributed by atoms with Gasteiger partial charge < -0.3 is 24.8 Å². The number of anilines is 1. The minimum absolute atomic E-state index is 0.112. The fourth-order valence-corrected chi connectivity index (χ4v) is 1.95. The molecule has 0 saturated heterocycles. The third-order valence-electron chi connectivity index (χ3n) is 3.32. The number of ether oxygens (including phenoxy) is 2. The molecule has 1 aromatic carbocycles. The second kappa shape index (κ2) is 7.53. The zero-order chi connectivity index (χ0) is 16.9. The minimum atomic E-state index is -0.946. The van der Waals surface area contributed by atoms with Gasteiger partial charge in [-0.05, 0) is 6.92 Å². The highest BCUT2D eigenvalue weighted by atomic mass is 16.5. The smallest absolute Gasteiger partial charge is 0.321 e. The van der Waals surface area contributed by atoms with E-state index < -0.39 is 17.9 Å². The molecule has 0 aliphatic carbocycles. The summed E-state index contributed by atoms with van der Waals surface area (Å²) in [6, 6.07) is 2.97. The van der Waals surface area contributed by atoms with Gasteiger partial charge in [0.25, 0.3) is 0 Å². The van der Waals surface area contributed by atoms with Crippen LogP contribution in [0.15, 0.2) is 12.1 Å². The molecular formula is C15H22N2O5. The van der Waals surface area contributed by atoms with Gasteiger partial charge in [0, 0.05) is 37.0 Å². The van der Waals surface area contributed by atoms with Crippen molar-refractivity contribution in [3.8, 4) is 11.5 Å². The lowest BCUT2D eigenvalue weighted by Crippen LogP contribution is -2.36. The third-order valence-corrected chi connectivity index (χ3v) is 3.32. The Balaban J connectivity index is 2.85. The number of benzene rings is 1. The molecule has 0 heterocycles. The summed E-state index contributed by atoms with van der Waals surface area (Å²) in [7, 11) is 4.61. The molecule has 7 nitrogen and oxygen atoms in total. The van der Waals surface area contributed by atoms with Gasteiger partial charge in [-0.1, -0.05) is 6.92 Å². The number of carboxylic acid groups (broad SMARTS) is 1. The quantitative estimate of drug-likeness (QED) is 0.841. The first-order chi connectivity index (χ1) is 10.3. The van der Waals surface area contributed by atoms with Gasteiger partial charge in [-0.25, -0.2) is 4.79 Å². The van der Waals surface area contributed by atoms with Crippen molar-refractivity contribution in [2.75, 3.05) is 33.1 Å². The fourth-order valence-electron chi connectivity index (χ4n) is 1.95. The lowest BCUT2D eigenvalue weighted by molar-refractivity contribution is -0.141. The summed E-state index contributed by atoms with van der Waals surface area (Å²) in [4.78, 5) is 24.2. The van der Waals surface area contributed by atoms with Crippen LogP contribution in [0, 0.1) is 12.8 Å². The van der Waals surface area contributed by atoms with E-state index >= 15 is 0 Å². The van der Waals surface area contributed by atoms with Crippen molar-refractivity contribution in [1.82, 2.24) is 4.90 Å². The fraction of sp³-hybridized carbons (Fsp3) is 0.467. The molecule has 1 unspecified atom stereocenters. The van der Waals surface area contributed by atoms with E-state index in [0.717, 1.165) is 5.56 Å². The Morgan fingerprint density at radius 1 is 1.27 bits per heavy atom. The van der Waals surface area contributed by atoms with E-state index in [-0.39, 0.29) is 6.54 Å². The van der Waals surface area contributed by atoms with E-state index in [1.54, 1.807) is 19.1 Å². The maximum Gasteiger partial charge on any atom is 0.321 e. The van der Waals surface area contributed by atoms with Crippen molar-refractivity contribution in [2.45, 2.75) is 13.8 Å². The maximum atomic E-state index is 12.1. The van der Waals surface area contributed by atoms with Crippen LogP contribution in [0.5, 0.6) is 11.5 Å². The van der Waals surface area contributed by atoms with E-state index in [9.17, 15) is 9.59 Å². The summed E-state index contributed by atoms with van der Waals surface area (Å²) in [5.74, 6) is -0.399. The standard InChI is InChI=1S/C15H22N2O5/c1-9(14(18)19)8-17(3)15(20)16-11-6-12(21-4)10(2)13(7-11)22-5/h6-7,9H,8H2,1-5H3,(H,16,20)(H,18,19). The van der Waals surface area contributed by atoms with Gasteiger partial charge in [0.2, 0.25) is 0 Å². The van der Waals surface area contributed by atoms with Gasteiger partial charge in [0.15, 0.2) is 0 Å². The van der Waals surface area contributed by atoms with Gasteiger partial charge in [-0.3, -0.25) is 4.79 Å². The van der Waals surface area contributed by atoms with E-state index in [4.69, 9.17) is 14.6 Å². The van der Waals surface area contributed by atoms with Gasteiger partial charge in [-0.15, -0.1) is 0 Å². The minimum Gasteiger partial charge on any atom is -0.496 e. The monoisotopic (exact) mass is 310 g/mol. The Hall–Kier alpha value is -2.44. The van der Waals surface area contributed by atoms with E-state index in [2.05, 4.69) is 5.32 Å². The lowest BCUT2D eigenvalue weighted by atomic mass is 10.1. The first-order valence-electron chi connectivity index (χ1n) is 6.77. The Labute approximate surface area is 129 Å². The predicted molar refractivity (Wildman–Crippen MR) is 82.7 cm³/mol. The van der Waals surface area contributed by atoms with Crippen molar-refractivity contribution in [3.63, 3.8) is 0 Å². The lowest BCUT2D eigenvalue weighted by Gasteiger charge is -2.21. The average Bonchev–Trinajstić information content (AvgIpc) is 2.48. The molecule has 0 spiro atoms. The molecule has 0 fully saturated rings. The highest BCUT2D eigenvalue weighted by Crippen LogP contribution is 2.31. The molecule has 1 rings (SSSR count). The van der Waals surface area contributed by atoms with Crippen LogP contribution in [-0.2, 0) is 4.79 Å². The van der Waals surface area contributed by atoms with Crippen molar-refractivity contribution in [1.29, 1.82) is 0 Å². The number of carboxylic acids is 1. The van der Waals surface area contributed by atoms with Gasteiger partial charge >= 0.3 is 12.0 Å². The van der Waals surface area contributed by atoms with Crippen molar-refractivity contribution in [2.24, 2.45) is 5.92 Å². The molecule has 0 bridgehead atoms. The van der Waals surface area contributed by atoms with Crippen molar-refractivity contribution < 1.29 is 24.2 Å².